The predicted molar refractivity (Wildman–Crippen MR) is 94.4 cm³/mol. The third-order valence-corrected chi connectivity index (χ3v) is 4.76. The third kappa shape index (κ3) is 3.53. The number of rotatable bonds is 4. The van der Waals surface area contributed by atoms with E-state index < -0.39 is 0 Å². The Hall–Kier alpha value is -1.19. The van der Waals surface area contributed by atoms with Gasteiger partial charge in [0.15, 0.2) is 0 Å². The molecule has 0 saturated carbocycles. The zero-order valence-electron chi connectivity index (χ0n) is 11.8. The summed E-state index contributed by atoms with van der Waals surface area (Å²) >= 11 is 9.62. The molecule has 0 amide bonds. The van der Waals surface area contributed by atoms with Gasteiger partial charge in [0.05, 0.1) is 5.69 Å². The standard InChI is InChI=1S/C17H18BrClN2/c18-15-8-7-14(19)11-16(15)20-12-13-5-1-2-6-17(13)21-9-3-4-10-21/h1-2,5-8,11,20H,3-4,9-10,12H2. The monoisotopic (exact) mass is 364 g/mol. The van der Waals surface area contributed by atoms with Crippen molar-refractivity contribution in [2.45, 2.75) is 19.4 Å². The Morgan fingerprint density at radius 3 is 2.67 bits per heavy atom. The van der Waals surface area contributed by atoms with Crippen LogP contribution in [0.1, 0.15) is 18.4 Å². The van der Waals surface area contributed by atoms with Crippen LogP contribution in [0.3, 0.4) is 0 Å². The average Bonchev–Trinajstić information content (AvgIpc) is 3.03. The van der Waals surface area contributed by atoms with Gasteiger partial charge in [0.25, 0.3) is 0 Å². The molecule has 0 radical (unpaired) electrons. The van der Waals surface area contributed by atoms with Crippen LogP contribution in [-0.4, -0.2) is 13.1 Å². The van der Waals surface area contributed by atoms with Crippen molar-refractivity contribution in [3.05, 3.63) is 57.5 Å². The Kier molecular flexibility index (Phi) is 4.71. The molecule has 0 aromatic heterocycles. The van der Waals surface area contributed by atoms with Gasteiger partial charge in [0, 0.05) is 34.8 Å². The summed E-state index contributed by atoms with van der Waals surface area (Å²) in [5.74, 6) is 0. The Morgan fingerprint density at radius 1 is 1.10 bits per heavy atom. The van der Waals surface area contributed by atoms with Gasteiger partial charge in [-0.25, -0.2) is 0 Å². The van der Waals surface area contributed by atoms with Crippen molar-refractivity contribution in [3.63, 3.8) is 0 Å². The van der Waals surface area contributed by atoms with Gasteiger partial charge in [0.1, 0.15) is 0 Å². The summed E-state index contributed by atoms with van der Waals surface area (Å²) in [6, 6.07) is 14.4. The number of anilines is 2. The number of benzene rings is 2. The Morgan fingerprint density at radius 2 is 1.86 bits per heavy atom. The molecule has 1 aliphatic heterocycles. The fourth-order valence-electron chi connectivity index (χ4n) is 2.75. The summed E-state index contributed by atoms with van der Waals surface area (Å²) in [4.78, 5) is 2.48. The first-order valence-corrected chi connectivity index (χ1v) is 8.43. The molecule has 1 heterocycles. The summed E-state index contributed by atoms with van der Waals surface area (Å²) in [6.45, 7) is 3.13. The van der Waals surface area contributed by atoms with Gasteiger partial charge in [0.2, 0.25) is 0 Å². The van der Waals surface area contributed by atoms with Crippen LogP contribution >= 0.6 is 27.5 Å². The van der Waals surface area contributed by atoms with E-state index in [1.165, 1.54) is 24.1 Å². The Labute approximate surface area is 139 Å². The molecule has 1 N–H and O–H groups in total. The molecule has 2 aromatic carbocycles. The fourth-order valence-corrected chi connectivity index (χ4v) is 3.31. The Bertz CT molecular complexity index is 624. The first kappa shape index (κ1) is 14.7. The van der Waals surface area contributed by atoms with Gasteiger partial charge in [-0.3, -0.25) is 0 Å². The van der Waals surface area contributed by atoms with Crippen molar-refractivity contribution in [2.24, 2.45) is 0 Å². The van der Waals surface area contributed by atoms with E-state index in [9.17, 15) is 0 Å². The van der Waals surface area contributed by atoms with Crippen LogP contribution in [0.4, 0.5) is 11.4 Å². The summed E-state index contributed by atoms with van der Waals surface area (Å²) < 4.78 is 1.03. The van der Waals surface area contributed by atoms with Crippen molar-refractivity contribution < 1.29 is 0 Å². The SMILES string of the molecule is Clc1ccc(Br)c(NCc2ccccc2N2CCCC2)c1. The molecule has 0 spiro atoms. The van der Waals surface area contributed by atoms with Gasteiger partial charge < -0.3 is 10.2 Å². The molecule has 2 nitrogen and oxygen atoms in total. The molecule has 0 unspecified atom stereocenters. The summed E-state index contributed by atoms with van der Waals surface area (Å²) in [7, 11) is 0. The van der Waals surface area contributed by atoms with Gasteiger partial charge in [-0.15, -0.1) is 0 Å². The van der Waals surface area contributed by atoms with E-state index in [1.54, 1.807) is 0 Å². The fraction of sp³-hybridized carbons (Fsp3) is 0.294. The lowest BCUT2D eigenvalue weighted by Gasteiger charge is -2.22. The number of nitrogens with one attached hydrogen (secondary N) is 1. The van der Waals surface area contributed by atoms with Crippen LogP contribution in [0.2, 0.25) is 5.02 Å². The van der Waals surface area contributed by atoms with Gasteiger partial charge >= 0.3 is 0 Å². The van der Waals surface area contributed by atoms with Crippen molar-refractivity contribution >= 4 is 38.9 Å². The van der Waals surface area contributed by atoms with Crippen LogP contribution < -0.4 is 10.2 Å². The molecule has 1 fully saturated rings. The van der Waals surface area contributed by atoms with E-state index in [4.69, 9.17) is 11.6 Å². The first-order chi connectivity index (χ1) is 10.2. The van der Waals surface area contributed by atoms with E-state index in [0.717, 1.165) is 34.8 Å². The summed E-state index contributed by atoms with van der Waals surface area (Å²) in [5.41, 5.74) is 3.70. The topological polar surface area (TPSA) is 15.3 Å². The van der Waals surface area contributed by atoms with Gasteiger partial charge in [-0.2, -0.15) is 0 Å². The molecule has 0 bridgehead atoms. The van der Waals surface area contributed by atoms with Crippen LogP contribution in [0.5, 0.6) is 0 Å². The maximum absolute atomic E-state index is 6.06. The lowest BCUT2D eigenvalue weighted by molar-refractivity contribution is 0.949. The van der Waals surface area contributed by atoms with Gasteiger partial charge in [-0.05, 0) is 58.6 Å². The van der Waals surface area contributed by atoms with E-state index >= 15 is 0 Å². The maximum atomic E-state index is 6.06. The zero-order chi connectivity index (χ0) is 14.7. The smallest absolute Gasteiger partial charge is 0.0502 e. The largest absolute Gasteiger partial charge is 0.380 e. The van der Waals surface area contributed by atoms with Crippen LogP contribution in [0.15, 0.2) is 46.9 Å². The van der Waals surface area contributed by atoms with Crippen LogP contribution in [-0.2, 0) is 6.54 Å². The average molecular weight is 366 g/mol. The minimum atomic E-state index is 0.744. The maximum Gasteiger partial charge on any atom is 0.0502 e. The van der Waals surface area contributed by atoms with Crippen molar-refractivity contribution in [1.82, 2.24) is 0 Å². The molecule has 4 heteroatoms. The minimum absolute atomic E-state index is 0.744. The molecule has 0 atom stereocenters. The predicted octanol–water partition coefficient (Wildman–Crippen LogP) is 5.31. The highest BCUT2D eigenvalue weighted by Crippen LogP contribution is 2.29. The number of halogens is 2. The highest BCUT2D eigenvalue weighted by molar-refractivity contribution is 9.10. The molecule has 2 aromatic rings. The number of para-hydroxylation sites is 1. The van der Waals surface area contributed by atoms with E-state index in [1.807, 2.05) is 18.2 Å². The highest BCUT2D eigenvalue weighted by Gasteiger charge is 2.15. The molecule has 21 heavy (non-hydrogen) atoms. The highest BCUT2D eigenvalue weighted by atomic mass is 79.9. The van der Waals surface area contributed by atoms with E-state index in [0.29, 0.717) is 0 Å². The third-order valence-electron chi connectivity index (χ3n) is 3.84. The molecule has 0 aliphatic carbocycles. The molecule has 1 aliphatic rings. The summed E-state index contributed by atoms with van der Waals surface area (Å²) in [5, 5.41) is 4.22. The first-order valence-electron chi connectivity index (χ1n) is 7.26. The van der Waals surface area contributed by atoms with E-state index in [-0.39, 0.29) is 0 Å². The second-order valence-electron chi connectivity index (χ2n) is 5.30. The lowest BCUT2D eigenvalue weighted by Crippen LogP contribution is -2.19. The second kappa shape index (κ2) is 6.71. The number of hydrogen-bond acceptors (Lipinski definition) is 2. The zero-order valence-corrected chi connectivity index (χ0v) is 14.1. The molecular formula is C17H18BrClN2. The van der Waals surface area contributed by atoms with Gasteiger partial charge in [-0.1, -0.05) is 29.8 Å². The van der Waals surface area contributed by atoms with Crippen LogP contribution in [0, 0.1) is 0 Å². The quantitative estimate of drug-likeness (QED) is 0.789. The molecule has 110 valence electrons. The minimum Gasteiger partial charge on any atom is -0.380 e. The number of nitrogens with zero attached hydrogens (tertiary/aromatic N) is 1. The number of hydrogen-bond donors (Lipinski definition) is 1. The van der Waals surface area contributed by atoms with Crippen LogP contribution in [0.25, 0.3) is 0 Å². The molecule has 3 rings (SSSR count). The van der Waals surface area contributed by atoms with Crippen molar-refractivity contribution in [3.8, 4) is 0 Å². The molecular weight excluding hydrogens is 348 g/mol. The molecule has 1 saturated heterocycles. The lowest BCUT2D eigenvalue weighted by atomic mass is 10.1. The van der Waals surface area contributed by atoms with E-state index in [2.05, 4.69) is 50.4 Å². The van der Waals surface area contributed by atoms with Crippen molar-refractivity contribution in [1.29, 1.82) is 0 Å². The summed E-state index contributed by atoms with van der Waals surface area (Å²) in [6.07, 6.45) is 2.59. The second-order valence-corrected chi connectivity index (χ2v) is 6.59. The van der Waals surface area contributed by atoms with Crippen molar-refractivity contribution in [2.75, 3.05) is 23.3 Å². The Balaban J connectivity index is 1.77. The normalized spacial score (nSPS) is 14.5.